The molecular formula is C24H19BrN8O2. The van der Waals surface area contributed by atoms with Gasteiger partial charge in [-0.05, 0) is 51.8 Å². The standard InChI is InChI=1S/C24H19BrN8O2/c25-18(15-17-7-3-1-4-8-17)16-26-32-24-30-22(27-19-9-5-2-6-10-19)29-23(31-24)28-20-11-13-21(14-12-20)33(34)35/h1-16H,(H3,27,28,29,30,31,32). The Kier molecular flexibility index (Phi) is 7.71. The molecule has 10 nitrogen and oxygen atoms in total. The molecule has 174 valence electrons. The highest BCUT2D eigenvalue weighted by molar-refractivity contribution is 9.12. The summed E-state index contributed by atoms with van der Waals surface area (Å²) < 4.78 is 0.747. The molecule has 4 rings (SSSR count). The zero-order chi connectivity index (χ0) is 24.5. The monoisotopic (exact) mass is 530 g/mol. The summed E-state index contributed by atoms with van der Waals surface area (Å²) in [5.41, 5.74) is 5.19. The Hall–Kier alpha value is -4.64. The van der Waals surface area contributed by atoms with E-state index in [-0.39, 0.29) is 23.5 Å². The predicted molar refractivity (Wildman–Crippen MR) is 141 cm³/mol. The highest BCUT2D eigenvalue weighted by Gasteiger charge is 2.09. The first-order valence-electron chi connectivity index (χ1n) is 10.4. The molecule has 0 fully saturated rings. The van der Waals surface area contributed by atoms with Crippen molar-refractivity contribution in [2.24, 2.45) is 5.10 Å². The number of hydrogen-bond acceptors (Lipinski definition) is 9. The van der Waals surface area contributed by atoms with Gasteiger partial charge in [-0.2, -0.15) is 20.1 Å². The van der Waals surface area contributed by atoms with Crippen LogP contribution >= 0.6 is 15.9 Å². The number of nitro benzene ring substituents is 1. The van der Waals surface area contributed by atoms with Crippen LogP contribution in [0.15, 0.2) is 94.5 Å². The van der Waals surface area contributed by atoms with Gasteiger partial charge in [0, 0.05) is 28.0 Å². The van der Waals surface area contributed by atoms with Crippen molar-refractivity contribution in [2.45, 2.75) is 0 Å². The van der Waals surface area contributed by atoms with Gasteiger partial charge in [-0.1, -0.05) is 48.5 Å². The minimum Gasteiger partial charge on any atom is -0.324 e. The summed E-state index contributed by atoms with van der Waals surface area (Å²) in [6.07, 6.45) is 3.51. The van der Waals surface area contributed by atoms with Gasteiger partial charge >= 0.3 is 0 Å². The topological polar surface area (TPSA) is 130 Å². The highest BCUT2D eigenvalue weighted by atomic mass is 79.9. The minimum atomic E-state index is -0.459. The molecule has 11 heteroatoms. The first-order valence-corrected chi connectivity index (χ1v) is 11.2. The summed E-state index contributed by atoms with van der Waals surface area (Å²) >= 11 is 3.47. The maximum atomic E-state index is 10.9. The fourth-order valence-electron chi connectivity index (χ4n) is 2.88. The number of anilines is 5. The summed E-state index contributed by atoms with van der Waals surface area (Å²) in [5.74, 6) is 0.704. The normalized spacial score (nSPS) is 11.3. The molecule has 1 heterocycles. The van der Waals surface area contributed by atoms with Gasteiger partial charge in [0.25, 0.3) is 5.69 Å². The van der Waals surface area contributed by atoms with Crippen molar-refractivity contribution in [3.63, 3.8) is 0 Å². The second-order valence-corrected chi connectivity index (χ2v) is 7.95. The number of benzene rings is 3. The predicted octanol–water partition coefficient (Wildman–Crippen LogP) is 6.10. The maximum absolute atomic E-state index is 10.9. The van der Waals surface area contributed by atoms with Crippen LogP contribution in [0.25, 0.3) is 6.08 Å². The summed E-state index contributed by atoms with van der Waals surface area (Å²) in [5, 5.41) is 21.2. The molecular weight excluding hydrogens is 512 g/mol. The van der Waals surface area contributed by atoms with Gasteiger partial charge in [0.05, 0.1) is 11.1 Å². The third kappa shape index (κ3) is 7.17. The molecule has 0 saturated heterocycles. The molecule has 3 aromatic carbocycles. The van der Waals surface area contributed by atoms with E-state index < -0.39 is 4.92 Å². The molecule has 0 amide bonds. The lowest BCUT2D eigenvalue weighted by Crippen LogP contribution is -2.07. The third-order valence-corrected chi connectivity index (χ3v) is 4.89. The summed E-state index contributed by atoms with van der Waals surface area (Å²) in [6.45, 7) is 0. The molecule has 0 unspecified atom stereocenters. The van der Waals surface area contributed by atoms with Crippen LogP contribution < -0.4 is 16.1 Å². The van der Waals surface area contributed by atoms with Gasteiger partial charge in [0.1, 0.15) is 0 Å². The Bertz CT molecular complexity index is 1350. The van der Waals surface area contributed by atoms with Gasteiger partial charge in [-0.3, -0.25) is 10.1 Å². The number of hydrogen-bond donors (Lipinski definition) is 3. The summed E-state index contributed by atoms with van der Waals surface area (Å²) in [7, 11) is 0. The highest BCUT2D eigenvalue weighted by Crippen LogP contribution is 2.21. The molecule has 0 spiro atoms. The van der Waals surface area contributed by atoms with Gasteiger partial charge in [0.15, 0.2) is 0 Å². The van der Waals surface area contributed by atoms with E-state index in [9.17, 15) is 10.1 Å². The third-order valence-electron chi connectivity index (χ3n) is 4.46. The zero-order valence-electron chi connectivity index (χ0n) is 18.2. The van der Waals surface area contributed by atoms with E-state index in [4.69, 9.17) is 0 Å². The van der Waals surface area contributed by atoms with Gasteiger partial charge < -0.3 is 10.6 Å². The van der Waals surface area contributed by atoms with Gasteiger partial charge in [0.2, 0.25) is 17.8 Å². The second-order valence-electron chi connectivity index (χ2n) is 7.04. The Balaban J connectivity index is 1.54. The van der Waals surface area contributed by atoms with Crippen molar-refractivity contribution in [1.82, 2.24) is 15.0 Å². The first kappa shape index (κ1) is 23.5. The number of para-hydroxylation sites is 1. The lowest BCUT2D eigenvalue weighted by molar-refractivity contribution is -0.384. The van der Waals surface area contributed by atoms with Crippen LogP contribution in [0.1, 0.15) is 5.56 Å². The SMILES string of the molecule is O=[N+]([O-])c1ccc(Nc2nc(NN=CC(Br)=Cc3ccccc3)nc(Nc3ccccc3)n2)cc1. The molecule has 35 heavy (non-hydrogen) atoms. The molecule has 0 bridgehead atoms. The number of aromatic nitrogens is 3. The van der Waals surface area contributed by atoms with Crippen LogP contribution in [0.4, 0.5) is 34.9 Å². The van der Waals surface area contributed by atoms with Crippen LogP contribution in [-0.2, 0) is 0 Å². The zero-order valence-corrected chi connectivity index (χ0v) is 19.8. The molecule has 0 aliphatic carbocycles. The van der Waals surface area contributed by atoms with Crippen molar-refractivity contribution >= 4 is 63.1 Å². The van der Waals surface area contributed by atoms with E-state index in [0.29, 0.717) is 5.69 Å². The molecule has 0 saturated carbocycles. The smallest absolute Gasteiger partial charge is 0.269 e. The quantitative estimate of drug-likeness (QED) is 0.134. The van der Waals surface area contributed by atoms with Crippen LogP contribution in [-0.4, -0.2) is 26.1 Å². The number of non-ortho nitro benzene ring substituents is 1. The number of nitrogens with zero attached hydrogens (tertiary/aromatic N) is 5. The number of halogens is 1. The van der Waals surface area contributed by atoms with Crippen molar-refractivity contribution < 1.29 is 4.92 Å². The van der Waals surface area contributed by atoms with E-state index in [1.54, 1.807) is 18.3 Å². The van der Waals surface area contributed by atoms with Crippen LogP contribution in [0.5, 0.6) is 0 Å². The Morgan fingerprint density at radius 3 is 1.94 bits per heavy atom. The Morgan fingerprint density at radius 2 is 1.34 bits per heavy atom. The minimum absolute atomic E-state index is 0.0107. The number of nitro groups is 1. The summed E-state index contributed by atoms with van der Waals surface area (Å²) in [6, 6.07) is 25.2. The van der Waals surface area contributed by atoms with Gasteiger partial charge in [-0.15, -0.1) is 0 Å². The van der Waals surface area contributed by atoms with Crippen molar-refractivity contribution in [3.05, 3.63) is 105 Å². The number of rotatable bonds is 9. The largest absolute Gasteiger partial charge is 0.324 e. The van der Waals surface area contributed by atoms with Crippen LogP contribution in [0.2, 0.25) is 0 Å². The number of nitrogens with one attached hydrogen (secondary N) is 3. The van der Waals surface area contributed by atoms with E-state index in [1.807, 2.05) is 66.7 Å². The van der Waals surface area contributed by atoms with Crippen LogP contribution in [0, 0.1) is 10.1 Å². The van der Waals surface area contributed by atoms with Gasteiger partial charge in [-0.25, -0.2) is 5.43 Å². The average molecular weight is 531 g/mol. The molecule has 0 atom stereocenters. The van der Waals surface area contributed by atoms with E-state index in [2.05, 4.69) is 52.0 Å². The van der Waals surface area contributed by atoms with E-state index in [1.165, 1.54) is 12.1 Å². The molecule has 0 aliphatic heterocycles. The van der Waals surface area contributed by atoms with E-state index in [0.717, 1.165) is 15.7 Å². The molecule has 4 aromatic rings. The lowest BCUT2D eigenvalue weighted by atomic mass is 10.2. The fraction of sp³-hybridized carbons (Fsp3) is 0. The van der Waals surface area contributed by atoms with E-state index >= 15 is 0 Å². The lowest BCUT2D eigenvalue weighted by Gasteiger charge is -2.10. The first-order chi connectivity index (χ1) is 17.0. The van der Waals surface area contributed by atoms with Crippen molar-refractivity contribution in [3.8, 4) is 0 Å². The average Bonchev–Trinajstić information content (AvgIpc) is 2.85. The molecule has 0 aliphatic rings. The maximum Gasteiger partial charge on any atom is 0.269 e. The molecule has 1 aromatic heterocycles. The van der Waals surface area contributed by atoms with Crippen LogP contribution in [0.3, 0.4) is 0 Å². The summed E-state index contributed by atoms with van der Waals surface area (Å²) in [4.78, 5) is 23.5. The number of hydrazone groups is 1. The van der Waals surface area contributed by atoms with Crippen molar-refractivity contribution in [2.75, 3.05) is 16.1 Å². The second kappa shape index (κ2) is 11.5. The number of allylic oxidation sites excluding steroid dienone is 1. The van der Waals surface area contributed by atoms with Crippen molar-refractivity contribution in [1.29, 1.82) is 0 Å². The molecule has 3 N–H and O–H groups in total. The fourth-order valence-corrected chi connectivity index (χ4v) is 3.25. The Labute approximate surface area is 209 Å². The molecule has 0 radical (unpaired) electrons. The Morgan fingerprint density at radius 1 is 0.800 bits per heavy atom.